The molecule has 2 aromatic heterocycles. The molecule has 0 amide bonds. The van der Waals surface area contributed by atoms with E-state index in [1.807, 2.05) is 17.7 Å². The van der Waals surface area contributed by atoms with Gasteiger partial charge in [-0.05, 0) is 12.1 Å². The average Bonchev–Trinajstić information content (AvgIpc) is 2.89. The number of nitrogens with two attached hydrogens (primary N) is 1. The molecule has 1 aromatic carbocycles. The second-order valence-electron chi connectivity index (χ2n) is 4.07. The van der Waals surface area contributed by atoms with Gasteiger partial charge in [-0.3, -0.25) is 4.57 Å². The number of fused-ring (bicyclic) bond motifs is 1. The van der Waals surface area contributed by atoms with E-state index in [9.17, 15) is 4.39 Å². The third-order valence-corrected chi connectivity index (χ3v) is 2.83. The Morgan fingerprint density at radius 2 is 2.22 bits per heavy atom. The highest BCUT2D eigenvalue weighted by Gasteiger charge is 2.12. The summed E-state index contributed by atoms with van der Waals surface area (Å²) >= 11 is 0. The normalized spacial score (nSPS) is 11.3. The quantitative estimate of drug-likeness (QED) is 0.741. The Bertz CT molecular complexity index is 712. The van der Waals surface area contributed by atoms with Gasteiger partial charge in [0.05, 0.1) is 11.9 Å². The number of halogens is 1. The highest BCUT2D eigenvalue weighted by atomic mass is 19.1. The van der Waals surface area contributed by atoms with Crippen molar-refractivity contribution in [1.82, 2.24) is 19.2 Å². The standard InChI is InChI=1S/C12H12FN5/c1-17-11(8-3-2-4-9(13)5-8)16-18-7-10(6-14)15-12(17)18/h2-5,7H,6,14H2,1H3. The van der Waals surface area contributed by atoms with Crippen molar-refractivity contribution in [2.75, 3.05) is 0 Å². The number of hydrogen-bond acceptors (Lipinski definition) is 3. The van der Waals surface area contributed by atoms with Crippen LogP contribution >= 0.6 is 0 Å². The Hall–Kier alpha value is -2.21. The van der Waals surface area contributed by atoms with E-state index in [0.717, 1.165) is 11.3 Å². The molecule has 0 bridgehead atoms. The molecule has 0 aliphatic heterocycles. The number of aromatic nitrogens is 4. The van der Waals surface area contributed by atoms with Crippen LogP contribution in [-0.4, -0.2) is 19.2 Å². The number of nitrogens with zero attached hydrogens (tertiary/aromatic N) is 4. The molecule has 92 valence electrons. The molecule has 0 atom stereocenters. The predicted molar refractivity (Wildman–Crippen MR) is 65.2 cm³/mol. The van der Waals surface area contributed by atoms with Crippen LogP contribution in [0.4, 0.5) is 4.39 Å². The smallest absolute Gasteiger partial charge is 0.232 e. The third-order valence-electron chi connectivity index (χ3n) is 2.83. The molecule has 6 heteroatoms. The maximum absolute atomic E-state index is 13.2. The molecule has 0 spiro atoms. The van der Waals surface area contributed by atoms with Gasteiger partial charge < -0.3 is 5.73 Å². The SMILES string of the molecule is Cn1c(-c2cccc(F)c2)nn2cc(CN)nc12. The molecule has 0 radical (unpaired) electrons. The van der Waals surface area contributed by atoms with Gasteiger partial charge in [0.2, 0.25) is 5.78 Å². The zero-order valence-electron chi connectivity index (χ0n) is 9.84. The van der Waals surface area contributed by atoms with Gasteiger partial charge in [0.15, 0.2) is 5.82 Å². The summed E-state index contributed by atoms with van der Waals surface area (Å²) in [5, 5.41) is 4.39. The Labute approximate surface area is 103 Å². The maximum Gasteiger partial charge on any atom is 0.232 e. The van der Waals surface area contributed by atoms with Crippen molar-refractivity contribution in [2.24, 2.45) is 12.8 Å². The van der Waals surface area contributed by atoms with Crippen molar-refractivity contribution in [3.8, 4) is 11.4 Å². The second kappa shape index (κ2) is 3.92. The fourth-order valence-corrected chi connectivity index (χ4v) is 1.95. The summed E-state index contributed by atoms with van der Waals surface area (Å²) in [4.78, 5) is 4.34. The van der Waals surface area contributed by atoms with Crippen LogP contribution < -0.4 is 5.73 Å². The molecule has 5 nitrogen and oxygen atoms in total. The zero-order chi connectivity index (χ0) is 12.7. The van der Waals surface area contributed by atoms with Crippen LogP contribution in [-0.2, 0) is 13.6 Å². The number of aryl methyl sites for hydroxylation is 1. The average molecular weight is 245 g/mol. The third kappa shape index (κ3) is 1.58. The molecule has 0 fully saturated rings. The van der Waals surface area contributed by atoms with Crippen LogP contribution in [0.25, 0.3) is 17.2 Å². The van der Waals surface area contributed by atoms with Gasteiger partial charge in [0.25, 0.3) is 0 Å². The molecular formula is C12H12FN5. The first kappa shape index (κ1) is 10.9. The van der Waals surface area contributed by atoms with Crippen LogP contribution in [0, 0.1) is 5.82 Å². The number of rotatable bonds is 2. The number of hydrogen-bond donors (Lipinski definition) is 1. The van der Waals surface area contributed by atoms with Crippen molar-refractivity contribution in [1.29, 1.82) is 0 Å². The first-order valence-corrected chi connectivity index (χ1v) is 5.56. The second-order valence-corrected chi connectivity index (χ2v) is 4.07. The molecular weight excluding hydrogens is 233 g/mol. The van der Waals surface area contributed by atoms with E-state index in [2.05, 4.69) is 10.1 Å². The van der Waals surface area contributed by atoms with E-state index >= 15 is 0 Å². The summed E-state index contributed by atoms with van der Waals surface area (Å²) in [6.45, 7) is 0.374. The largest absolute Gasteiger partial charge is 0.325 e. The lowest BCUT2D eigenvalue weighted by atomic mass is 10.2. The summed E-state index contributed by atoms with van der Waals surface area (Å²) in [7, 11) is 1.84. The Morgan fingerprint density at radius 3 is 2.89 bits per heavy atom. The highest BCUT2D eigenvalue weighted by molar-refractivity contribution is 5.58. The molecule has 2 heterocycles. The predicted octanol–water partition coefficient (Wildman–Crippen LogP) is 1.33. The molecule has 3 aromatic rings. The van der Waals surface area contributed by atoms with E-state index in [1.165, 1.54) is 12.1 Å². The lowest BCUT2D eigenvalue weighted by Crippen LogP contribution is -1.98. The fourth-order valence-electron chi connectivity index (χ4n) is 1.95. The summed E-state index contributed by atoms with van der Waals surface area (Å²) in [5.41, 5.74) is 7.03. The van der Waals surface area contributed by atoms with E-state index in [-0.39, 0.29) is 5.82 Å². The van der Waals surface area contributed by atoms with E-state index < -0.39 is 0 Å². The van der Waals surface area contributed by atoms with Crippen molar-refractivity contribution >= 4 is 5.78 Å². The number of benzene rings is 1. The molecule has 2 N–H and O–H groups in total. The van der Waals surface area contributed by atoms with Crippen molar-refractivity contribution in [3.63, 3.8) is 0 Å². The molecule has 18 heavy (non-hydrogen) atoms. The minimum atomic E-state index is -0.282. The topological polar surface area (TPSA) is 61.1 Å². The minimum absolute atomic E-state index is 0.282. The first-order valence-electron chi connectivity index (χ1n) is 5.56. The molecule has 0 saturated carbocycles. The van der Waals surface area contributed by atoms with E-state index in [0.29, 0.717) is 18.1 Å². The van der Waals surface area contributed by atoms with Crippen LogP contribution in [0.5, 0.6) is 0 Å². The lowest BCUT2D eigenvalue weighted by Gasteiger charge is -2.00. The monoisotopic (exact) mass is 245 g/mol. The summed E-state index contributed by atoms with van der Waals surface area (Å²) in [5.74, 6) is 1.08. The summed E-state index contributed by atoms with van der Waals surface area (Å²) in [6.07, 6.45) is 1.78. The maximum atomic E-state index is 13.2. The Kier molecular flexibility index (Phi) is 2.38. The van der Waals surface area contributed by atoms with Crippen LogP contribution in [0.1, 0.15) is 5.69 Å². The van der Waals surface area contributed by atoms with Crippen LogP contribution in [0.2, 0.25) is 0 Å². The summed E-state index contributed by atoms with van der Waals surface area (Å²) < 4.78 is 16.7. The molecule has 0 unspecified atom stereocenters. The van der Waals surface area contributed by atoms with E-state index in [1.54, 1.807) is 16.8 Å². The Balaban J connectivity index is 2.18. The van der Waals surface area contributed by atoms with Crippen LogP contribution in [0.3, 0.4) is 0 Å². The molecule has 0 saturated heterocycles. The van der Waals surface area contributed by atoms with Gasteiger partial charge in [-0.2, -0.15) is 0 Å². The summed E-state index contributed by atoms with van der Waals surface area (Å²) in [6, 6.07) is 6.33. The lowest BCUT2D eigenvalue weighted by molar-refractivity contribution is 0.628. The van der Waals surface area contributed by atoms with Gasteiger partial charge in [-0.25, -0.2) is 13.9 Å². The van der Waals surface area contributed by atoms with Gasteiger partial charge in [0.1, 0.15) is 5.82 Å². The van der Waals surface area contributed by atoms with E-state index in [4.69, 9.17) is 5.73 Å². The molecule has 0 aliphatic rings. The highest BCUT2D eigenvalue weighted by Crippen LogP contribution is 2.19. The van der Waals surface area contributed by atoms with Crippen molar-refractivity contribution in [2.45, 2.75) is 6.54 Å². The minimum Gasteiger partial charge on any atom is -0.325 e. The number of imidazole rings is 1. The first-order chi connectivity index (χ1) is 8.69. The zero-order valence-corrected chi connectivity index (χ0v) is 9.84. The fraction of sp³-hybridized carbons (Fsp3) is 0.167. The van der Waals surface area contributed by atoms with Crippen molar-refractivity contribution in [3.05, 3.63) is 42.0 Å². The van der Waals surface area contributed by atoms with Gasteiger partial charge in [-0.1, -0.05) is 12.1 Å². The van der Waals surface area contributed by atoms with Crippen LogP contribution in [0.15, 0.2) is 30.5 Å². The molecule has 0 aliphatic carbocycles. The van der Waals surface area contributed by atoms with Crippen molar-refractivity contribution < 1.29 is 4.39 Å². The molecule has 3 rings (SSSR count). The van der Waals surface area contributed by atoms with Gasteiger partial charge in [0, 0.05) is 19.2 Å². The van der Waals surface area contributed by atoms with Gasteiger partial charge >= 0.3 is 0 Å². The van der Waals surface area contributed by atoms with Gasteiger partial charge in [-0.15, -0.1) is 5.10 Å². The Morgan fingerprint density at radius 1 is 1.39 bits per heavy atom.